The van der Waals surface area contributed by atoms with Crippen LogP contribution in [0.4, 0.5) is 11.4 Å². The van der Waals surface area contributed by atoms with Crippen molar-refractivity contribution in [3.05, 3.63) is 58.7 Å². The van der Waals surface area contributed by atoms with E-state index in [-0.39, 0.29) is 5.41 Å². The van der Waals surface area contributed by atoms with Gasteiger partial charge in [0.25, 0.3) is 0 Å². The first kappa shape index (κ1) is 17.6. The molecule has 0 atom stereocenters. The molecular weight excluding hydrogens is 278 g/mol. The van der Waals surface area contributed by atoms with Gasteiger partial charge in [-0.15, -0.1) is 0 Å². The minimum Gasteiger partial charge on any atom is -0.341 e. The van der Waals surface area contributed by atoms with Crippen LogP contribution in [0.5, 0.6) is 0 Å². The average Bonchev–Trinajstić information content (AvgIpc) is 2.45. The zero-order valence-electron chi connectivity index (χ0n) is 15.8. The number of hydrogen-bond donors (Lipinski definition) is 0. The van der Waals surface area contributed by atoms with E-state index in [2.05, 4.69) is 89.8 Å². The first-order valence-corrected chi connectivity index (χ1v) is 8.65. The van der Waals surface area contributed by atoms with E-state index >= 15 is 0 Å². The molecule has 23 heavy (non-hydrogen) atoms. The van der Waals surface area contributed by atoms with Crippen molar-refractivity contribution in [2.75, 3.05) is 11.4 Å². The van der Waals surface area contributed by atoms with Gasteiger partial charge in [0.05, 0.1) is 0 Å². The van der Waals surface area contributed by atoms with Crippen molar-refractivity contribution < 1.29 is 0 Å². The molecule has 2 aromatic rings. The lowest BCUT2D eigenvalue weighted by Crippen LogP contribution is -2.31. The molecule has 0 aliphatic carbocycles. The lowest BCUT2D eigenvalue weighted by atomic mass is 9.88. The maximum atomic E-state index is 2.51. The molecule has 0 N–H and O–H groups in total. The van der Waals surface area contributed by atoms with Gasteiger partial charge in [0.15, 0.2) is 0 Å². The number of hydrogen-bond acceptors (Lipinski definition) is 1. The van der Waals surface area contributed by atoms with Crippen LogP contribution in [0.2, 0.25) is 0 Å². The third kappa shape index (κ3) is 4.16. The van der Waals surface area contributed by atoms with E-state index in [1.54, 1.807) is 0 Å². The predicted octanol–water partition coefficient (Wildman–Crippen LogP) is 6.49. The topological polar surface area (TPSA) is 3.24 Å². The summed E-state index contributed by atoms with van der Waals surface area (Å²) in [6.45, 7) is 16.8. The fourth-order valence-corrected chi connectivity index (χ4v) is 3.23. The highest BCUT2D eigenvalue weighted by atomic mass is 15.1. The largest absolute Gasteiger partial charge is 0.341 e. The number of aryl methyl sites for hydroxylation is 4. The van der Waals surface area contributed by atoms with Gasteiger partial charge in [0, 0.05) is 17.9 Å². The summed E-state index contributed by atoms with van der Waals surface area (Å²) in [4.78, 5) is 2.51. The Hall–Kier alpha value is -1.76. The predicted molar refractivity (Wildman–Crippen MR) is 103 cm³/mol. The van der Waals surface area contributed by atoms with Crippen molar-refractivity contribution in [3.8, 4) is 0 Å². The summed E-state index contributed by atoms with van der Waals surface area (Å²) in [6.07, 6.45) is 1.17. The lowest BCUT2D eigenvalue weighted by molar-refractivity contribution is 0.362. The molecular formula is C22H31N. The van der Waals surface area contributed by atoms with Gasteiger partial charge in [-0.1, -0.05) is 50.6 Å². The highest BCUT2D eigenvalue weighted by molar-refractivity contribution is 5.70. The lowest BCUT2D eigenvalue weighted by Gasteiger charge is -2.36. The molecule has 0 aromatic heterocycles. The fourth-order valence-electron chi connectivity index (χ4n) is 3.23. The Morgan fingerprint density at radius 3 is 2.00 bits per heavy atom. The number of rotatable bonds is 5. The van der Waals surface area contributed by atoms with E-state index in [1.165, 1.54) is 40.0 Å². The summed E-state index contributed by atoms with van der Waals surface area (Å²) in [6, 6.07) is 13.5. The van der Waals surface area contributed by atoms with E-state index in [0.29, 0.717) is 0 Å². The van der Waals surface area contributed by atoms with E-state index in [0.717, 1.165) is 6.54 Å². The zero-order valence-corrected chi connectivity index (χ0v) is 15.8. The summed E-state index contributed by atoms with van der Waals surface area (Å²) in [7, 11) is 0. The zero-order chi connectivity index (χ0) is 17.2. The second kappa shape index (κ2) is 6.78. The molecule has 0 spiro atoms. The molecule has 0 saturated heterocycles. The van der Waals surface area contributed by atoms with Gasteiger partial charge in [-0.3, -0.25) is 0 Å². The smallest absolute Gasteiger partial charge is 0.0470 e. The van der Waals surface area contributed by atoms with Gasteiger partial charge in [-0.05, 0) is 68.4 Å². The van der Waals surface area contributed by atoms with Crippen molar-refractivity contribution >= 4 is 11.4 Å². The minimum absolute atomic E-state index is 0.271. The quantitative estimate of drug-likeness (QED) is 0.609. The van der Waals surface area contributed by atoms with E-state index in [4.69, 9.17) is 0 Å². The number of nitrogens with zero attached hydrogens (tertiary/aromatic N) is 1. The molecule has 0 aliphatic heterocycles. The molecule has 1 heteroatoms. The molecule has 124 valence electrons. The van der Waals surface area contributed by atoms with Crippen molar-refractivity contribution in [2.24, 2.45) is 5.41 Å². The molecule has 0 radical (unpaired) electrons. The average molecular weight is 309 g/mol. The maximum Gasteiger partial charge on any atom is 0.0470 e. The van der Waals surface area contributed by atoms with Gasteiger partial charge in [-0.2, -0.15) is 0 Å². The van der Waals surface area contributed by atoms with Crippen molar-refractivity contribution in [1.82, 2.24) is 0 Å². The van der Waals surface area contributed by atoms with Crippen LogP contribution in [-0.2, 0) is 0 Å². The van der Waals surface area contributed by atoms with Crippen LogP contribution in [0.15, 0.2) is 36.4 Å². The maximum absolute atomic E-state index is 2.51. The van der Waals surface area contributed by atoms with Crippen LogP contribution in [0, 0.1) is 33.1 Å². The summed E-state index contributed by atoms with van der Waals surface area (Å²) < 4.78 is 0. The van der Waals surface area contributed by atoms with Crippen molar-refractivity contribution in [2.45, 2.75) is 54.9 Å². The van der Waals surface area contributed by atoms with E-state index in [9.17, 15) is 0 Å². The summed E-state index contributed by atoms with van der Waals surface area (Å²) in [5, 5.41) is 0. The first-order valence-electron chi connectivity index (χ1n) is 8.65. The molecule has 0 unspecified atom stereocenters. The van der Waals surface area contributed by atoms with Gasteiger partial charge in [0.1, 0.15) is 0 Å². The van der Waals surface area contributed by atoms with Gasteiger partial charge in [0.2, 0.25) is 0 Å². The Labute approximate surface area is 142 Å². The Morgan fingerprint density at radius 1 is 0.870 bits per heavy atom. The van der Waals surface area contributed by atoms with Crippen molar-refractivity contribution in [3.63, 3.8) is 0 Å². The van der Waals surface area contributed by atoms with Gasteiger partial charge >= 0.3 is 0 Å². The van der Waals surface area contributed by atoms with Gasteiger partial charge in [-0.25, -0.2) is 0 Å². The SMILES string of the molecule is CCC(C)(C)CN(c1cccc(C)c1)c1c(C)cc(C)cc1C. The van der Waals surface area contributed by atoms with Crippen LogP contribution in [-0.4, -0.2) is 6.54 Å². The molecule has 2 rings (SSSR count). The molecule has 1 nitrogen and oxygen atoms in total. The first-order chi connectivity index (χ1) is 10.7. The highest BCUT2D eigenvalue weighted by Gasteiger charge is 2.23. The van der Waals surface area contributed by atoms with Crippen LogP contribution in [0.1, 0.15) is 49.4 Å². The third-order valence-electron chi connectivity index (χ3n) is 4.76. The van der Waals surface area contributed by atoms with Crippen molar-refractivity contribution in [1.29, 1.82) is 0 Å². The number of anilines is 2. The Balaban J connectivity index is 2.59. The van der Waals surface area contributed by atoms with Crippen LogP contribution in [0.3, 0.4) is 0 Å². The Kier molecular flexibility index (Phi) is 5.19. The normalized spacial score (nSPS) is 11.6. The highest BCUT2D eigenvalue weighted by Crippen LogP contribution is 2.36. The molecule has 0 amide bonds. The van der Waals surface area contributed by atoms with Crippen LogP contribution < -0.4 is 4.90 Å². The number of benzene rings is 2. The molecule has 0 heterocycles. The molecule has 0 aliphatic rings. The minimum atomic E-state index is 0.271. The van der Waals surface area contributed by atoms with Crippen LogP contribution in [0.25, 0.3) is 0 Å². The Bertz CT molecular complexity index is 659. The molecule has 2 aromatic carbocycles. The monoisotopic (exact) mass is 309 g/mol. The van der Waals surface area contributed by atoms with E-state index in [1.807, 2.05) is 0 Å². The standard InChI is InChI=1S/C22H31N/c1-8-22(6,7)15-23(20-11-9-10-16(2)14-20)21-18(4)12-17(3)13-19(21)5/h9-14H,8,15H2,1-7H3. The molecule has 0 saturated carbocycles. The molecule has 0 fully saturated rings. The fraction of sp³-hybridized carbons (Fsp3) is 0.455. The summed E-state index contributed by atoms with van der Waals surface area (Å²) in [5.41, 5.74) is 8.29. The van der Waals surface area contributed by atoms with E-state index < -0.39 is 0 Å². The second-order valence-electron chi connectivity index (χ2n) is 7.69. The summed E-state index contributed by atoms with van der Waals surface area (Å²) >= 11 is 0. The third-order valence-corrected chi connectivity index (χ3v) is 4.76. The summed E-state index contributed by atoms with van der Waals surface area (Å²) in [5.74, 6) is 0. The van der Waals surface area contributed by atoms with Crippen LogP contribution >= 0.6 is 0 Å². The Morgan fingerprint density at radius 2 is 1.48 bits per heavy atom. The van der Waals surface area contributed by atoms with Gasteiger partial charge < -0.3 is 4.90 Å². The molecule has 0 bridgehead atoms. The second-order valence-corrected chi connectivity index (χ2v) is 7.69.